The molecule has 0 aromatic heterocycles. The first-order valence-electron chi connectivity index (χ1n) is 10.6. The molecule has 0 N–H and O–H groups in total. The Hall–Kier alpha value is -2.92. The van der Waals surface area contributed by atoms with Gasteiger partial charge in [-0.1, -0.05) is 60.7 Å². The number of carbonyl (C=O) groups excluding carboxylic acids is 2. The summed E-state index contributed by atoms with van der Waals surface area (Å²) in [5, 5.41) is 0. The highest BCUT2D eigenvalue weighted by Crippen LogP contribution is 2.65. The Morgan fingerprint density at radius 3 is 2.73 bits per heavy atom. The second kappa shape index (κ2) is 6.05. The first kappa shape index (κ1) is 17.9. The molecule has 4 aliphatic rings. The maximum absolute atomic E-state index is 13.3. The zero-order valence-corrected chi connectivity index (χ0v) is 16.8. The third-order valence-corrected chi connectivity index (χ3v) is 7.45. The van der Waals surface area contributed by atoms with Crippen LogP contribution in [0.5, 0.6) is 0 Å². The maximum atomic E-state index is 13.3. The molecule has 1 amide bonds. The van der Waals surface area contributed by atoms with Gasteiger partial charge < -0.3 is 14.4 Å². The summed E-state index contributed by atoms with van der Waals surface area (Å²) in [4.78, 5) is 28.4. The van der Waals surface area contributed by atoms with E-state index >= 15 is 0 Å². The van der Waals surface area contributed by atoms with Gasteiger partial charge in [0.25, 0.3) is 5.91 Å². The highest BCUT2D eigenvalue weighted by atomic mass is 16.6. The first-order chi connectivity index (χ1) is 14.6. The van der Waals surface area contributed by atoms with Crippen LogP contribution >= 0.6 is 0 Å². The van der Waals surface area contributed by atoms with Crippen LogP contribution in [-0.2, 0) is 19.7 Å². The van der Waals surface area contributed by atoms with E-state index in [-0.39, 0.29) is 24.0 Å². The average molecular weight is 401 g/mol. The lowest BCUT2D eigenvalue weighted by atomic mass is 9.54. The minimum atomic E-state index is -0.731. The van der Waals surface area contributed by atoms with E-state index in [1.54, 1.807) is 0 Å². The summed E-state index contributed by atoms with van der Waals surface area (Å²) in [5.74, 6) is -0.606. The fraction of sp³-hybridized carbons (Fsp3) is 0.360. The average Bonchev–Trinajstić information content (AvgIpc) is 3.40. The Labute approximate surface area is 175 Å². The highest BCUT2D eigenvalue weighted by Gasteiger charge is 2.73. The van der Waals surface area contributed by atoms with Gasteiger partial charge in [0.2, 0.25) is 0 Å². The lowest BCUT2D eigenvalue weighted by Crippen LogP contribution is -2.63. The van der Waals surface area contributed by atoms with Gasteiger partial charge >= 0.3 is 5.97 Å². The van der Waals surface area contributed by atoms with Crippen molar-refractivity contribution >= 4 is 11.9 Å². The summed E-state index contributed by atoms with van der Waals surface area (Å²) in [7, 11) is 0. The summed E-state index contributed by atoms with van der Waals surface area (Å²) >= 11 is 0. The Balaban J connectivity index is 1.57. The van der Waals surface area contributed by atoms with Gasteiger partial charge in [-0.25, -0.2) is 0 Å². The predicted molar refractivity (Wildman–Crippen MR) is 110 cm³/mol. The zero-order chi connectivity index (χ0) is 20.5. The number of benzene rings is 2. The molecule has 4 heterocycles. The van der Waals surface area contributed by atoms with Crippen molar-refractivity contribution in [3.63, 3.8) is 0 Å². The van der Waals surface area contributed by atoms with E-state index in [0.717, 1.165) is 16.7 Å². The molecule has 5 heteroatoms. The molecule has 0 aliphatic carbocycles. The molecule has 5 nitrogen and oxygen atoms in total. The molecule has 2 bridgehead atoms. The molecule has 2 fully saturated rings. The van der Waals surface area contributed by atoms with Gasteiger partial charge in [0.15, 0.2) is 0 Å². The standard InChI is InChI=1S/C25H23NO4/c1-2-29-23(28)21-20-12-13-24(30-20)15-26-19(17-10-6-7-11-18(17)22(26)27)14-25(21,24)16-8-4-3-5-9-16/h3-13,19-21H,2,14-15H2,1H3/t19?,20-,21?,24-,25?/m1/s1. The summed E-state index contributed by atoms with van der Waals surface area (Å²) in [6.07, 6.45) is 4.36. The van der Waals surface area contributed by atoms with Gasteiger partial charge in [-0.05, 0) is 30.5 Å². The number of piperidine rings is 1. The van der Waals surface area contributed by atoms with E-state index in [0.29, 0.717) is 19.6 Å². The van der Waals surface area contributed by atoms with Crippen molar-refractivity contribution in [3.05, 3.63) is 83.4 Å². The van der Waals surface area contributed by atoms with E-state index in [2.05, 4.69) is 18.2 Å². The quantitative estimate of drug-likeness (QED) is 0.584. The maximum Gasteiger partial charge on any atom is 0.312 e. The topological polar surface area (TPSA) is 55.8 Å². The number of amides is 1. The van der Waals surface area contributed by atoms with Crippen LogP contribution in [-0.4, -0.2) is 41.6 Å². The first-order valence-corrected chi connectivity index (χ1v) is 10.6. The molecule has 5 atom stereocenters. The molecule has 0 saturated carbocycles. The van der Waals surface area contributed by atoms with Gasteiger partial charge in [-0.15, -0.1) is 0 Å². The third-order valence-electron chi connectivity index (χ3n) is 7.45. The Bertz CT molecular complexity index is 1080. The van der Waals surface area contributed by atoms with E-state index in [9.17, 15) is 9.59 Å². The van der Waals surface area contributed by atoms with Gasteiger partial charge in [0.05, 0.1) is 31.2 Å². The van der Waals surface area contributed by atoms with E-state index in [4.69, 9.17) is 9.47 Å². The fourth-order valence-corrected chi connectivity index (χ4v) is 6.33. The molecule has 1 spiro atoms. The molecule has 4 aliphatic heterocycles. The van der Waals surface area contributed by atoms with Gasteiger partial charge in [-0.2, -0.15) is 0 Å². The Morgan fingerprint density at radius 2 is 1.93 bits per heavy atom. The van der Waals surface area contributed by atoms with E-state index in [1.807, 2.05) is 60.4 Å². The van der Waals surface area contributed by atoms with Crippen LogP contribution in [0.15, 0.2) is 66.7 Å². The van der Waals surface area contributed by atoms with Crippen LogP contribution in [0.4, 0.5) is 0 Å². The van der Waals surface area contributed by atoms with Crippen LogP contribution in [0.2, 0.25) is 0 Å². The molecular formula is C25H23NO4. The smallest absolute Gasteiger partial charge is 0.312 e. The molecule has 2 aromatic rings. The van der Waals surface area contributed by atoms with Crippen LogP contribution in [0.3, 0.4) is 0 Å². The van der Waals surface area contributed by atoms with Gasteiger partial charge in [0, 0.05) is 11.0 Å². The number of esters is 1. The number of nitrogens with zero attached hydrogens (tertiary/aromatic N) is 1. The lowest BCUT2D eigenvalue weighted by molar-refractivity contribution is -0.151. The van der Waals surface area contributed by atoms with Crippen molar-refractivity contribution in [2.45, 2.75) is 36.5 Å². The second-order valence-electron chi connectivity index (χ2n) is 8.64. The number of ether oxygens (including phenoxy) is 2. The normalized spacial score (nSPS) is 35.2. The van der Waals surface area contributed by atoms with Crippen LogP contribution in [0.1, 0.15) is 40.9 Å². The highest BCUT2D eigenvalue weighted by molar-refractivity contribution is 5.99. The Kier molecular flexibility index (Phi) is 3.61. The number of hydrogen-bond acceptors (Lipinski definition) is 4. The zero-order valence-electron chi connectivity index (χ0n) is 16.8. The second-order valence-corrected chi connectivity index (χ2v) is 8.64. The molecule has 2 aromatic carbocycles. The summed E-state index contributed by atoms with van der Waals surface area (Å²) in [6, 6.07) is 17.9. The minimum absolute atomic E-state index is 0.0478. The minimum Gasteiger partial charge on any atom is -0.466 e. The van der Waals surface area contributed by atoms with E-state index in [1.165, 1.54) is 0 Å². The van der Waals surface area contributed by atoms with Crippen molar-refractivity contribution < 1.29 is 19.1 Å². The van der Waals surface area contributed by atoms with Crippen LogP contribution in [0.25, 0.3) is 0 Å². The van der Waals surface area contributed by atoms with Crippen molar-refractivity contribution in [2.24, 2.45) is 5.92 Å². The third kappa shape index (κ3) is 2.01. The Morgan fingerprint density at radius 1 is 1.17 bits per heavy atom. The molecule has 0 radical (unpaired) electrons. The van der Waals surface area contributed by atoms with Gasteiger partial charge in [-0.3, -0.25) is 9.59 Å². The molecule has 2 saturated heterocycles. The molecule has 6 rings (SSSR count). The predicted octanol–water partition coefficient (Wildman–Crippen LogP) is 3.41. The van der Waals surface area contributed by atoms with Crippen molar-refractivity contribution in [1.29, 1.82) is 0 Å². The molecule has 3 unspecified atom stereocenters. The SMILES string of the molecule is CCOC(=O)C1[C@H]2C=C[C@]3(CN4C(=O)c5ccccc5C4CC13c1ccccc1)O2. The summed E-state index contributed by atoms with van der Waals surface area (Å²) < 4.78 is 12.1. The largest absolute Gasteiger partial charge is 0.466 e. The molecular weight excluding hydrogens is 378 g/mol. The van der Waals surface area contributed by atoms with Crippen molar-refractivity contribution in [2.75, 3.05) is 13.2 Å². The van der Waals surface area contributed by atoms with Crippen LogP contribution in [0, 0.1) is 5.92 Å². The fourth-order valence-electron chi connectivity index (χ4n) is 6.33. The van der Waals surface area contributed by atoms with Gasteiger partial charge in [0.1, 0.15) is 5.60 Å². The molecule has 30 heavy (non-hydrogen) atoms. The van der Waals surface area contributed by atoms with Crippen molar-refractivity contribution in [3.8, 4) is 0 Å². The van der Waals surface area contributed by atoms with Crippen molar-refractivity contribution in [1.82, 2.24) is 4.90 Å². The number of hydrogen-bond donors (Lipinski definition) is 0. The van der Waals surface area contributed by atoms with Crippen LogP contribution < -0.4 is 0 Å². The summed E-state index contributed by atoms with van der Waals surface area (Å²) in [6.45, 7) is 2.60. The summed E-state index contributed by atoms with van der Waals surface area (Å²) in [5.41, 5.74) is 1.56. The number of fused-ring (bicyclic) bond motifs is 4. The number of rotatable bonds is 3. The molecule has 152 valence electrons. The van der Waals surface area contributed by atoms with E-state index < -0.39 is 16.9 Å². The lowest BCUT2D eigenvalue weighted by Gasteiger charge is -2.53. The number of carbonyl (C=O) groups is 2. The monoisotopic (exact) mass is 401 g/mol.